The van der Waals surface area contributed by atoms with E-state index in [-0.39, 0.29) is 6.42 Å². The second kappa shape index (κ2) is 1.85. The first kappa shape index (κ1) is 7.67. The van der Waals surface area contributed by atoms with Gasteiger partial charge in [-0.3, -0.25) is 0 Å². The van der Waals surface area contributed by atoms with Gasteiger partial charge in [-0.1, -0.05) is 5.16 Å². The summed E-state index contributed by atoms with van der Waals surface area (Å²) in [6.07, 6.45) is 0.943. The lowest BCUT2D eigenvalue weighted by Crippen LogP contribution is -2.27. The van der Waals surface area contributed by atoms with Crippen LogP contribution >= 0.6 is 0 Å². The van der Waals surface area contributed by atoms with Crippen LogP contribution in [0.1, 0.15) is 17.7 Å². The van der Waals surface area contributed by atoms with E-state index in [0.717, 1.165) is 0 Å². The molecule has 0 radical (unpaired) electrons. The molecule has 1 aromatic heterocycles. The maximum absolute atomic E-state index is 12.7. The predicted octanol–water partition coefficient (Wildman–Crippen LogP) is 1.18. The molecule has 66 valence electrons. The second-order valence-corrected chi connectivity index (χ2v) is 3.15. The van der Waals surface area contributed by atoms with Gasteiger partial charge in [-0.05, 0) is 6.92 Å². The molecule has 0 aromatic carbocycles. The van der Waals surface area contributed by atoms with Gasteiger partial charge in [-0.2, -0.15) is 0 Å². The highest BCUT2D eigenvalue weighted by molar-refractivity contribution is 5.35. The van der Waals surface area contributed by atoms with Gasteiger partial charge in [-0.15, -0.1) is 0 Å². The van der Waals surface area contributed by atoms with Crippen molar-refractivity contribution in [2.45, 2.75) is 24.8 Å². The van der Waals surface area contributed by atoms with Crippen LogP contribution in [0.2, 0.25) is 0 Å². The molecular weight excluding hydrogens is 166 g/mol. The summed E-state index contributed by atoms with van der Waals surface area (Å²) in [7, 11) is 0. The summed E-state index contributed by atoms with van der Waals surface area (Å²) in [6, 6.07) is 0. The summed E-state index contributed by atoms with van der Waals surface area (Å²) in [4.78, 5) is 0. The summed E-state index contributed by atoms with van der Waals surface area (Å²) >= 11 is 0. The quantitative estimate of drug-likeness (QED) is 0.695. The van der Waals surface area contributed by atoms with E-state index in [9.17, 15) is 8.78 Å². The summed E-state index contributed by atoms with van der Waals surface area (Å²) in [5.74, 6) is -2.43. The minimum atomic E-state index is -2.80. The molecule has 12 heavy (non-hydrogen) atoms. The highest BCUT2D eigenvalue weighted by atomic mass is 19.3. The minimum absolute atomic E-state index is 0.313. The van der Waals surface area contributed by atoms with Gasteiger partial charge in [0, 0.05) is 12.0 Å². The third kappa shape index (κ3) is 0.741. The Morgan fingerprint density at radius 2 is 2.25 bits per heavy atom. The largest absolute Gasteiger partial charge is 0.361 e. The van der Waals surface area contributed by atoms with E-state index in [1.165, 1.54) is 6.20 Å². The fraction of sp³-hybridized carbons (Fsp3) is 0.571. The molecule has 3 nitrogen and oxygen atoms in total. The highest BCUT2D eigenvalue weighted by Crippen LogP contribution is 2.58. The van der Waals surface area contributed by atoms with Gasteiger partial charge in [0.05, 0.1) is 6.20 Å². The van der Waals surface area contributed by atoms with Crippen LogP contribution in [-0.4, -0.2) is 11.1 Å². The van der Waals surface area contributed by atoms with Crippen LogP contribution in [0.5, 0.6) is 0 Å². The number of rotatable bonds is 1. The predicted molar refractivity (Wildman–Crippen MR) is 36.7 cm³/mol. The van der Waals surface area contributed by atoms with Gasteiger partial charge in [0.15, 0.2) is 0 Å². The zero-order valence-electron chi connectivity index (χ0n) is 6.47. The molecule has 1 unspecified atom stereocenters. The maximum atomic E-state index is 12.7. The number of alkyl halides is 2. The smallest absolute Gasteiger partial charge is 0.272 e. The molecule has 1 fully saturated rings. The Morgan fingerprint density at radius 3 is 2.58 bits per heavy atom. The van der Waals surface area contributed by atoms with Crippen LogP contribution in [0, 0.1) is 6.92 Å². The van der Waals surface area contributed by atoms with Crippen molar-refractivity contribution in [1.82, 2.24) is 5.16 Å². The second-order valence-electron chi connectivity index (χ2n) is 3.15. The van der Waals surface area contributed by atoms with Gasteiger partial charge in [0.25, 0.3) is 5.92 Å². The first-order chi connectivity index (χ1) is 5.47. The van der Waals surface area contributed by atoms with E-state index in [1.807, 2.05) is 0 Å². The summed E-state index contributed by atoms with van der Waals surface area (Å²) < 4.78 is 30.1. The zero-order valence-corrected chi connectivity index (χ0v) is 6.47. The van der Waals surface area contributed by atoms with Gasteiger partial charge in [0.2, 0.25) is 0 Å². The zero-order chi connectivity index (χ0) is 8.98. The van der Waals surface area contributed by atoms with Crippen LogP contribution in [-0.2, 0) is 5.54 Å². The Bertz CT molecular complexity index is 323. The molecule has 0 aliphatic heterocycles. The van der Waals surface area contributed by atoms with Crippen LogP contribution in [0.4, 0.5) is 8.78 Å². The molecular formula is C7H8F2N2O. The fourth-order valence-electron chi connectivity index (χ4n) is 1.33. The maximum Gasteiger partial charge on any atom is 0.272 e. The lowest BCUT2D eigenvalue weighted by molar-refractivity contribution is 0.0887. The Balaban J connectivity index is 2.40. The molecule has 0 saturated heterocycles. The highest BCUT2D eigenvalue weighted by Gasteiger charge is 2.71. The molecule has 0 spiro atoms. The number of aryl methyl sites for hydroxylation is 1. The molecule has 1 aromatic rings. The molecule has 1 saturated carbocycles. The minimum Gasteiger partial charge on any atom is -0.361 e. The SMILES string of the molecule is Cc1oncc1C1(N)CC1(F)F. The standard InChI is InChI=1S/C7H8F2N2O/c1-4-5(2-11-12-4)6(10)3-7(6,8)9/h2H,3,10H2,1H3. The van der Waals surface area contributed by atoms with E-state index in [1.54, 1.807) is 6.92 Å². The fourth-order valence-corrected chi connectivity index (χ4v) is 1.33. The number of hydrogen-bond donors (Lipinski definition) is 1. The lowest BCUT2D eigenvalue weighted by Gasteiger charge is -2.06. The topological polar surface area (TPSA) is 52.0 Å². The molecule has 2 rings (SSSR count). The average Bonchev–Trinajstić information content (AvgIpc) is 2.36. The summed E-state index contributed by atoms with van der Waals surface area (Å²) in [5, 5.41) is 3.41. The van der Waals surface area contributed by atoms with E-state index >= 15 is 0 Å². The molecule has 0 bridgehead atoms. The average molecular weight is 174 g/mol. The van der Waals surface area contributed by atoms with E-state index in [4.69, 9.17) is 5.73 Å². The van der Waals surface area contributed by atoms with Crippen molar-refractivity contribution in [3.63, 3.8) is 0 Å². The van der Waals surface area contributed by atoms with Crippen molar-refractivity contribution in [2.75, 3.05) is 0 Å². The molecule has 1 atom stereocenters. The molecule has 1 heterocycles. The molecule has 0 amide bonds. The molecule has 5 heteroatoms. The normalized spacial score (nSPS) is 32.0. The Hall–Kier alpha value is -0.970. The van der Waals surface area contributed by atoms with Crippen molar-refractivity contribution >= 4 is 0 Å². The van der Waals surface area contributed by atoms with Gasteiger partial charge in [0.1, 0.15) is 11.3 Å². The van der Waals surface area contributed by atoms with Crippen LogP contribution < -0.4 is 5.73 Å². The lowest BCUT2D eigenvalue weighted by atomic mass is 10.1. The Kier molecular flexibility index (Phi) is 1.18. The van der Waals surface area contributed by atoms with Gasteiger partial charge < -0.3 is 10.3 Å². The molecule has 2 N–H and O–H groups in total. The van der Waals surface area contributed by atoms with E-state index in [2.05, 4.69) is 9.68 Å². The van der Waals surface area contributed by atoms with Gasteiger partial charge in [-0.25, -0.2) is 8.78 Å². The van der Waals surface area contributed by atoms with Gasteiger partial charge >= 0.3 is 0 Å². The molecule has 1 aliphatic carbocycles. The van der Waals surface area contributed by atoms with Crippen molar-refractivity contribution in [3.8, 4) is 0 Å². The number of aromatic nitrogens is 1. The van der Waals surface area contributed by atoms with E-state index < -0.39 is 11.5 Å². The Morgan fingerprint density at radius 1 is 1.67 bits per heavy atom. The first-order valence-corrected chi connectivity index (χ1v) is 3.56. The van der Waals surface area contributed by atoms with Crippen molar-refractivity contribution in [2.24, 2.45) is 5.73 Å². The molecule has 1 aliphatic rings. The Labute approximate surface area is 67.5 Å². The number of nitrogens with two attached hydrogens (primary N) is 1. The van der Waals surface area contributed by atoms with Crippen molar-refractivity contribution in [3.05, 3.63) is 17.5 Å². The number of halogens is 2. The summed E-state index contributed by atoms with van der Waals surface area (Å²) in [5.41, 5.74) is 4.22. The third-order valence-electron chi connectivity index (χ3n) is 2.26. The van der Waals surface area contributed by atoms with Crippen molar-refractivity contribution < 1.29 is 13.3 Å². The third-order valence-corrected chi connectivity index (χ3v) is 2.26. The first-order valence-electron chi connectivity index (χ1n) is 3.56. The van der Waals surface area contributed by atoms with Crippen LogP contribution in [0.15, 0.2) is 10.7 Å². The van der Waals surface area contributed by atoms with E-state index in [0.29, 0.717) is 11.3 Å². The van der Waals surface area contributed by atoms with Crippen LogP contribution in [0.25, 0.3) is 0 Å². The summed E-state index contributed by atoms with van der Waals surface area (Å²) in [6.45, 7) is 1.57. The van der Waals surface area contributed by atoms with Crippen molar-refractivity contribution in [1.29, 1.82) is 0 Å². The monoisotopic (exact) mass is 174 g/mol. The van der Waals surface area contributed by atoms with Crippen LogP contribution in [0.3, 0.4) is 0 Å². The number of hydrogen-bond acceptors (Lipinski definition) is 3. The number of nitrogens with zero attached hydrogens (tertiary/aromatic N) is 1.